The number of fused-ring (bicyclic) bond motifs is 7. The normalized spacial score (nSPS) is 55.4. The largest absolute Gasteiger partial charge is 0.394 e. The summed E-state index contributed by atoms with van der Waals surface area (Å²) >= 11 is 0. The third kappa shape index (κ3) is 8.85. The van der Waals surface area contributed by atoms with Gasteiger partial charge in [-0.05, 0) is 97.7 Å². The van der Waals surface area contributed by atoms with Crippen LogP contribution < -0.4 is 0 Å². The Morgan fingerprint density at radius 3 is 1.86 bits per heavy atom. The van der Waals surface area contributed by atoms with Gasteiger partial charge in [0.15, 0.2) is 24.7 Å². The van der Waals surface area contributed by atoms with Crippen LogP contribution in [0.2, 0.25) is 0 Å². The maximum Gasteiger partial charge on any atom is 0.187 e. The summed E-state index contributed by atoms with van der Waals surface area (Å²) in [5.74, 6) is 0.942. The molecular formula is C46H78O20. The summed E-state index contributed by atoms with van der Waals surface area (Å²) in [6, 6.07) is 0. The molecule has 0 aromatic rings. The SMILES string of the molecule is CO[C@]1(CC[C@H](C)CO[C@@H]2O[C@H](CO)[C@@H](O)[C@H](O)[C@H]2O)O[C@H]2C[C@H]3[C@@H]4CC[C@@H]5C[C@@H](O[C@@H]6O[C@H](CO)[C@H](O)[C@H](O)[C@H]6O[C@@H]6O[C@H](CO)[C@@H](O)[C@H](O)[C@H]6O)[C@@H](O)C[C@]5(C)[C@H]4CC[C@]3(C)[C@H]2[C@@H]1C. The summed E-state index contributed by atoms with van der Waals surface area (Å²) in [5.41, 5.74) is -0.199. The number of aliphatic hydroxyl groups is 12. The molecule has 8 rings (SSSR count). The van der Waals surface area contributed by atoms with Crippen LogP contribution in [-0.2, 0) is 37.9 Å². The van der Waals surface area contributed by atoms with E-state index < -0.39 is 130 Å². The molecule has 0 aromatic heterocycles. The highest BCUT2D eigenvalue weighted by Gasteiger charge is 2.69. The minimum absolute atomic E-state index is 0.00426. The maximum absolute atomic E-state index is 11.9. The van der Waals surface area contributed by atoms with Gasteiger partial charge in [0.2, 0.25) is 0 Å². The smallest absolute Gasteiger partial charge is 0.187 e. The maximum atomic E-state index is 11.9. The van der Waals surface area contributed by atoms with Crippen molar-refractivity contribution in [2.24, 2.45) is 52.3 Å². The first-order chi connectivity index (χ1) is 31.3. The van der Waals surface area contributed by atoms with Crippen LogP contribution in [0.25, 0.3) is 0 Å². The van der Waals surface area contributed by atoms with E-state index in [2.05, 4.69) is 20.8 Å². The van der Waals surface area contributed by atoms with Gasteiger partial charge in [-0.15, -0.1) is 0 Å². The van der Waals surface area contributed by atoms with Crippen molar-refractivity contribution >= 4 is 0 Å². The molecule has 66 heavy (non-hydrogen) atoms. The van der Waals surface area contributed by atoms with E-state index in [4.69, 9.17) is 37.9 Å². The quantitative estimate of drug-likeness (QED) is 0.0826. The molecule has 28 atom stereocenters. The number of rotatable bonds is 14. The molecular weight excluding hydrogens is 872 g/mol. The lowest BCUT2D eigenvalue weighted by Crippen LogP contribution is -2.65. The van der Waals surface area contributed by atoms with E-state index in [0.717, 1.165) is 32.1 Å². The summed E-state index contributed by atoms with van der Waals surface area (Å²) in [7, 11) is 1.71. The first-order valence-corrected chi connectivity index (χ1v) is 24.3. The Hall–Kier alpha value is -0.800. The number of ether oxygens (including phenoxy) is 8. The molecule has 0 aromatic carbocycles. The van der Waals surface area contributed by atoms with E-state index in [0.29, 0.717) is 43.4 Å². The fourth-order valence-electron chi connectivity index (χ4n) is 14.5. The van der Waals surface area contributed by atoms with Crippen molar-refractivity contribution in [3.63, 3.8) is 0 Å². The molecule has 4 heterocycles. The fraction of sp³-hybridized carbons (Fsp3) is 1.00. The van der Waals surface area contributed by atoms with Crippen LogP contribution in [0.3, 0.4) is 0 Å². The number of hydrogen-bond donors (Lipinski definition) is 12. The third-order valence-corrected chi connectivity index (χ3v) is 18.3. The Bertz CT molecular complexity index is 1610. The highest BCUT2D eigenvalue weighted by Crippen LogP contribution is 2.71. The number of aliphatic hydroxyl groups excluding tert-OH is 12. The zero-order valence-electron chi connectivity index (χ0n) is 38.8. The van der Waals surface area contributed by atoms with E-state index in [1.165, 1.54) is 0 Å². The highest BCUT2D eigenvalue weighted by atomic mass is 16.8. The van der Waals surface area contributed by atoms with E-state index in [1.807, 2.05) is 6.92 Å². The van der Waals surface area contributed by atoms with Gasteiger partial charge in [-0.1, -0.05) is 27.7 Å². The minimum atomic E-state index is -1.80. The average molecular weight is 951 g/mol. The van der Waals surface area contributed by atoms with Crippen LogP contribution in [0.5, 0.6) is 0 Å². The van der Waals surface area contributed by atoms with Crippen LogP contribution in [0, 0.1) is 52.3 Å². The number of hydrogen-bond acceptors (Lipinski definition) is 20. The lowest BCUT2D eigenvalue weighted by Gasteiger charge is -2.62. The Morgan fingerprint density at radius 2 is 1.24 bits per heavy atom. The van der Waals surface area contributed by atoms with Gasteiger partial charge < -0.3 is 99.2 Å². The molecule has 0 spiro atoms. The van der Waals surface area contributed by atoms with Crippen molar-refractivity contribution in [1.29, 1.82) is 0 Å². The highest BCUT2D eigenvalue weighted by molar-refractivity contribution is 5.16. The standard InChI is InChI=1S/C46H78O20/c1-19(18-60-41-38(57)35(54)32(51)28(15-47)62-41)8-11-46(59-5)20(2)31-27(66-46)13-24-22-7-6-21-12-26(25(50)14-45(21,4)23(22)9-10-44(24,31)3)61-43-40(37(56)34(53)30(17-49)64-43)65-42-39(58)36(55)33(52)29(16-48)63-42/h19-43,47-58H,6-18H2,1-5H3/t19-,20-,21+,22+,23-,24-,25-,26+,27-,28+,29+,30+,31-,32+,33+,34-,35-,36-,37-,38+,39+,40+,41+,42-,43+,44-,45-,46+/m0/s1. The topological polar surface area (TPSA) is 317 Å². The van der Waals surface area contributed by atoms with Crippen LogP contribution in [0.1, 0.15) is 85.5 Å². The van der Waals surface area contributed by atoms with E-state index in [9.17, 15) is 61.3 Å². The van der Waals surface area contributed by atoms with E-state index in [-0.39, 0.29) is 47.2 Å². The third-order valence-electron chi connectivity index (χ3n) is 18.3. The zero-order valence-corrected chi connectivity index (χ0v) is 38.8. The van der Waals surface area contributed by atoms with Crippen LogP contribution in [0.15, 0.2) is 0 Å². The zero-order chi connectivity index (χ0) is 47.8. The molecule has 4 aliphatic carbocycles. The van der Waals surface area contributed by atoms with Crippen LogP contribution >= 0.6 is 0 Å². The molecule has 12 N–H and O–H groups in total. The molecule has 8 fully saturated rings. The van der Waals surface area contributed by atoms with Crippen molar-refractivity contribution < 1.29 is 99.2 Å². The van der Waals surface area contributed by atoms with Crippen molar-refractivity contribution in [2.45, 2.75) is 202 Å². The van der Waals surface area contributed by atoms with E-state index in [1.54, 1.807) is 7.11 Å². The summed E-state index contributed by atoms with van der Waals surface area (Å²) in [6.07, 6.45) is -17.0. The molecule has 4 saturated heterocycles. The molecule has 8 aliphatic rings. The number of methoxy groups -OCH3 is 1. The van der Waals surface area contributed by atoms with Crippen molar-refractivity contribution in [3.8, 4) is 0 Å². The summed E-state index contributed by atoms with van der Waals surface area (Å²) in [4.78, 5) is 0. The van der Waals surface area contributed by atoms with Gasteiger partial charge in [0, 0.05) is 19.4 Å². The molecule has 0 radical (unpaired) electrons. The Balaban J connectivity index is 0.896. The monoisotopic (exact) mass is 951 g/mol. The predicted molar refractivity (Wildman–Crippen MR) is 225 cm³/mol. The van der Waals surface area contributed by atoms with Crippen molar-refractivity contribution in [2.75, 3.05) is 33.5 Å². The van der Waals surface area contributed by atoms with Gasteiger partial charge >= 0.3 is 0 Å². The van der Waals surface area contributed by atoms with Crippen molar-refractivity contribution in [1.82, 2.24) is 0 Å². The molecule has 0 unspecified atom stereocenters. The van der Waals surface area contributed by atoms with Crippen molar-refractivity contribution in [3.05, 3.63) is 0 Å². The van der Waals surface area contributed by atoms with Gasteiger partial charge in [0.1, 0.15) is 73.2 Å². The Morgan fingerprint density at radius 1 is 0.652 bits per heavy atom. The second-order valence-corrected chi connectivity index (χ2v) is 21.8. The molecule has 0 bridgehead atoms. The first-order valence-electron chi connectivity index (χ1n) is 24.3. The molecule has 382 valence electrons. The molecule has 4 aliphatic heterocycles. The lowest BCUT2D eigenvalue weighted by atomic mass is 9.44. The van der Waals surface area contributed by atoms with Crippen LogP contribution in [-0.4, -0.2) is 211 Å². The minimum Gasteiger partial charge on any atom is -0.394 e. The van der Waals surface area contributed by atoms with Gasteiger partial charge in [-0.3, -0.25) is 0 Å². The lowest BCUT2D eigenvalue weighted by molar-refractivity contribution is -0.376. The molecule has 20 heteroatoms. The van der Waals surface area contributed by atoms with Gasteiger partial charge in [-0.25, -0.2) is 0 Å². The molecule has 20 nitrogen and oxygen atoms in total. The predicted octanol–water partition coefficient (Wildman–Crippen LogP) is -2.15. The fourth-order valence-corrected chi connectivity index (χ4v) is 14.5. The second kappa shape index (κ2) is 20.0. The molecule has 0 amide bonds. The second-order valence-electron chi connectivity index (χ2n) is 21.8. The van der Waals surface area contributed by atoms with Gasteiger partial charge in [0.25, 0.3) is 0 Å². The van der Waals surface area contributed by atoms with E-state index >= 15 is 0 Å². The van der Waals surface area contributed by atoms with Gasteiger partial charge in [-0.2, -0.15) is 0 Å². The average Bonchev–Trinajstić information content (AvgIpc) is 3.76. The van der Waals surface area contributed by atoms with Crippen LogP contribution in [0.4, 0.5) is 0 Å². The van der Waals surface area contributed by atoms with Gasteiger partial charge in [0.05, 0.1) is 44.7 Å². The Kier molecular flexibility index (Phi) is 15.6. The summed E-state index contributed by atoms with van der Waals surface area (Å²) in [5, 5.41) is 125. The molecule has 4 saturated carbocycles. The first kappa shape index (κ1) is 51.6. The summed E-state index contributed by atoms with van der Waals surface area (Å²) in [6.45, 7) is 7.32. The summed E-state index contributed by atoms with van der Waals surface area (Å²) < 4.78 is 48.5. The Labute approximate surface area is 386 Å².